The monoisotopic (exact) mass is 572 g/mol. The third-order valence-corrected chi connectivity index (χ3v) is 9.15. The number of likely N-dealkylation sites (tertiary alicyclic amines) is 1. The zero-order valence-corrected chi connectivity index (χ0v) is 25.8. The highest BCUT2D eigenvalue weighted by Gasteiger charge is 2.39. The van der Waals surface area contributed by atoms with E-state index in [0.29, 0.717) is 31.9 Å². The number of hydrogen-bond acceptors (Lipinski definition) is 7. The number of hydrogen-bond donors (Lipinski definition) is 1. The molecule has 0 aromatic heterocycles. The highest BCUT2D eigenvalue weighted by molar-refractivity contribution is 7.99. The molecule has 1 aliphatic heterocycles. The number of aromatic hydroxyl groups is 1. The molecule has 0 bridgehead atoms. The number of carbonyl (C=O) groups is 1. The van der Waals surface area contributed by atoms with Crippen LogP contribution in [0.25, 0.3) is 0 Å². The maximum absolute atomic E-state index is 13.1. The fourth-order valence-corrected chi connectivity index (χ4v) is 6.26. The lowest BCUT2D eigenvalue weighted by molar-refractivity contribution is -0.149. The van der Waals surface area contributed by atoms with Gasteiger partial charge in [-0.25, -0.2) is 0 Å². The molecule has 1 amide bonds. The van der Waals surface area contributed by atoms with E-state index in [0.717, 1.165) is 55.0 Å². The first-order valence-corrected chi connectivity index (χ1v) is 15.6. The first kappa shape index (κ1) is 32.4. The molecular weight excluding hydrogens is 524 g/mol. The smallest absolute Gasteiger partial charge is 0.225 e. The molecule has 1 atom stereocenters. The number of carbonyl (C=O) groups excluding carboxylic acids is 1. The van der Waals surface area contributed by atoms with E-state index < -0.39 is 6.29 Å². The van der Waals surface area contributed by atoms with Crippen molar-refractivity contribution in [2.75, 3.05) is 65.6 Å². The molecular formula is C32H48N2O5S. The average Bonchev–Trinajstić information content (AvgIpc) is 2.98. The van der Waals surface area contributed by atoms with Crippen LogP contribution in [0.4, 0.5) is 0 Å². The number of methoxy groups -OCH3 is 2. The summed E-state index contributed by atoms with van der Waals surface area (Å²) < 4.78 is 16.6. The van der Waals surface area contributed by atoms with Gasteiger partial charge in [0.1, 0.15) is 5.75 Å². The van der Waals surface area contributed by atoms with E-state index in [4.69, 9.17) is 14.2 Å². The molecule has 1 fully saturated rings. The Morgan fingerprint density at radius 2 is 1.80 bits per heavy atom. The Kier molecular flexibility index (Phi) is 13.3. The van der Waals surface area contributed by atoms with Gasteiger partial charge in [0.05, 0.1) is 26.2 Å². The molecule has 7 nitrogen and oxygen atoms in total. The summed E-state index contributed by atoms with van der Waals surface area (Å²) in [4.78, 5) is 17.3. The van der Waals surface area contributed by atoms with Gasteiger partial charge >= 0.3 is 0 Å². The van der Waals surface area contributed by atoms with E-state index in [-0.39, 0.29) is 17.4 Å². The lowest BCUT2D eigenvalue weighted by Crippen LogP contribution is -2.45. The predicted octanol–water partition coefficient (Wildman–Crippen LogP) is 4.94. The number of piperidine rings is 1. The van der Waals surface area contributed by atoms with Crippen molar-refractivity contribution in [1.29, 1.82) is 0 Å². The Balaban J connectivity index is 1.61. The molecule has 0 saturated carbocycles. The summed E-state index contributed by atoms with van der Waals surface area (Å²) in [5.74, 6) is 2.27. The Morgan fingerprint density at radius 3 is 2.45 bits per heavy atom. The Hall–Kier alpha value is -2.10. The first-order chi connectivity index (χ1) is 19.3. The second-order valence-corrected chi connectivity index (χ2v) is 12.0. The van der Waals surface area contributed by atoms with Crippen molar-refractivity contribution in [1.82, 2.24) is 9.80 Å². The van der Waals surface area contributed by atoms with Crippen molar-refractivity contribution in [2.45, 2.75) is 57.3 Å². The van der Waals surface area contributed by atoms with Crippen LogP contribution < -0.4 is 0 Å². The minimum absolute atomic E-state index is 0.0438. The van der Waals surface area contributed by atoms with E-state index in [2.05, 4.69) is 56.1 Å². The van der Waals surface area contributed by atoms with Crippen molar-refractivity contribution in [3.8, 4) is 5.75 Å². The summed E-state index contributed by atoms with van der Waals surface area (Å²) in [6, 6.07) is 16.6. The molecule has 2 aromatic rings. The lowest BCUT2D eigenvalue weighted by atomic mass is 9.67. The second kappa shape index (κ2) is 16.4. The minimum Gasteiger partial charge on any atom is -0.508 e. The summed E-state index contributed by atoms with van der Waals surface area (Å²) in [5, 5.41) is 11.0. The zero-order valence-electron chi connectivity index (χ0n) is 24.9. The lowest BCUT2D eigenvalue weighted by Gasteiger charge is -2.42. The van der Waals surface area contributed by atoms with Crippen LogP contribution in [0.1, 0.15) is 49.8 Å². The number of amides is 1. The third-order valence-electron chi connectivity index (χ3n) is 8.03. The van der Waals surface area contributed by atoms with Crippen molar-refractivity contribution in [3.05, 3.63) is 65.2 Å². The standard InChI is InChI=1S/C32H48N2O5S/c1-6-40-24-25(2)34(23-31(37-4)38-5)30(36)15-21-39-20-14-26-12-13-29(35)28(22-26)32(16-18-33(3)19-17-32)27-10-8-7-9-11-27/h7-13,22,25,31,35H,6,14-21,23-24H2,1-5H3. The Morgan fingerprint density at radius 1 is 1.10 bits per heavy atom. The van der Waals surface area contributed by atoms with Crippen LogP contribution in [0.5, 0.6) is 5.75 Å². The van der Waals surface area contributed by atoms with Gasteiger partial charge in [-0.3, -0.25) is 4.79 Å². The molecule has 222 valence electrons. The van der Waals surface area contributed by atoms with Crippen molar-refractivity contribution >= 4 is 17.7 Å². The summed E-state index contributed by atoms with van der Waals surface area (Å²) in [5.41, 5.74) is 3.17. The molecule has 1 heterocycles. The maximum Gasteiger partial charge on any atom is 0.225 e. The minimum atomic E-state index is -0.452. The average molecular weight is 573 g/mol. The number of phenols is 1. The normalized spacial score (nSPS) is 16.2. The summed E-state index contributed by atoms with van der Waals surface area (Å²) in [6.07, 6.45) is 2.50. The third kappa shape index (κ3) is 8.70. The molecule has 3 rings (SSSR count). The molecule has 40 heavy (non-hydrogen) atoms. The van der Waals surface area contributed by atoms with Crippen molar-refractivity contribution < 1.29 is 24.1 Å². The van der Waals surface area contributed by atoms with E-state index in [1.165, 1.54) is 5.56 Å². The maximum atomic E-state index is 13.1. The van der Waals surface area contributed by atoms with Gasteiger partial charge in [-0.15, -0.1) is 0 Å². The highest BCUT2D eigenvalue weighted by Crippen LogP contribution is 2.45. The number of rotatable bonds is 16. The van der Waals surface area contributed by atoms with Gasteiger partial charge in [0.25, 0.3) is 0 Å². The summed E-state index contributed by atoms with van der Waals surface area (Å²) in [6.45, 7) is 7.43. The van der Waals surface area contributed by atoms with Gasteiger partial charge in [0, 0.05) is 37.0 Å². The van der Waals surface area contributed by atoms with Gasteiger partial charge in [-0.2, -0.15) is 11.8 Å². The largest absolute Gasteiger partial charge is 0.508 e. The van der Waals surface area contributed by atoms with Gasteiger partial charge in [-0.05, 0) is 69.3 Å². The number of ether oxygens (including phenoxy) is 3. The van der Waals surface area contributed by atoms with Crippen LogP contribution in [-0.4, -0.2) is 98.8 Å². The fourth-order valence-electron chi connectivity index (χ4n) is 5.50. The quantitative estimate of drug-likeness (QED) is 0.226. The molecule has 1 N–H and O–H groups in total. The van der Waals surface area contributed by atoms with E-state index >= 15 is 0 Å². The predicted molar refractivity (Wildman–Crippen MR) is 163 cm³/mol. The van der Waals surface area contributed by atoms with E-state index in [1.54, 1.807) is 14.2 Å². The molecule has 2 aromatic carbocycles. The molecule has 0 aliphatic carbocycles. The highest BCUT2D eigenvalue weighted by atomic mass is 32.2. The Labute approximate surface area is 245 Å². The van der Waals surface area contributed by atoms with Gasteiger partial charge < -0.3 is 29.1 Å². The van der Waals surface area contributed by atoms with Crippen LogP contribution >= 0.6 is 11.8 Å². The molecule has 1 aliphatic rings. The van der Waals surface area contributed by atoms with Crippen LogP contribution in [-0.2, 0) is 30.8 Å². The van der Waals surface area contributed by atoms with E-state index in [1.807, 2.05) is 34.9 Å². The van der Waals surface area contributed by atoms with Crippen LogP contribution in [0.3, 0.4) is 0 Å². The van der Waals surface area contributed by atoms with Crippen molar-refractivity contribution in [2.24, 2.45) is 0 Å². The number of nitrogens with zero attached hydrogens (tertiary/aromatic N) is 2. The zero-order chi connectivity index (χ0) is 29.0. The molecule has 8 heteroatoms. The van der Waals surface area contributed by atoms with Crippen molar-refractivity contribution in [3.63, 3.8) is 0 Å². The van der Waals surface area contributed by atoms with E-state index in [9.17, 15) is 9.90 Å². The number of benzene rings is 2. The van der Waals surface area contributed by atoms with Gasteiger partial charge in [-0.1, -0.05) is 49.4 Å². The Bertz CT molecular complexity index is 1030. The number of thioether (sulfide) groups is 1. The molecule has 0 spiro atoms. The summed E-state index contributed by atoms with van der Waals surface area (Å²) >= 11 is 1.82. The van der Waals surface area contributed by atoms with Crippen LogP contribution in [0, 0.1) is 0 Å². The topological polar surface area (TPSA) is 71.5 Å². The van der Waals surface area contributed by atoms with Crippen LogP contribution in [0.15, 0.2) is 48.5 Å². The van der Waals surface area contributed by atoms with Gasteiger partial charge in [0.15, 0.2) is 6.29 Å². The van der Waals surface area contributed by atoms with Crippen LogP contribution in [0.2, 0.25) is 0 Å². The van der Waals surface area contributed by atoms with Gasteiger partial charge in [0.2, 0.25) is 5.91 Å². The SMILES string of the molecule is CCSCC(C)N(CC(OC)OC)C(=O)CCOCCc1ccc(O)c(C2(c3ccccc3)CCN(C)CC2)c1. The molecule has 1 saturated heterocycles. The molecule has 1 unspecified atom stereocenters. The molecule has 0 radical (unpaired) electrons. The fraction of sp³-hybridized carbons (Fsp3) is 0.594. The second-order valence-electron chi connectivity index (χ2n) is 10.7. The first-order valence-electron chi connectivity index (χ1n) is 14.4. The summed E-state index contributed by atoms with van der Waals surface area (Å²) in [7, 11) is 5.34. The number of phenolic OH excluding ortho intramolecular Hbond substituents is 1.